The van der Waals surface area contributed by atoms with Crippen LogP contribution in [0.1, 0.15) is 33.6 Å². The molecular formula is C21H23NO6. The van der Waals surface area contributed by atoms with Gasteiger partial charge in [0, 0.05) is 13.1 Å². The van der Waals surface area contributed by atoms with E-state index in [0.29, 0.717) is 22.6 Å². The van der Waals surface area contributed by atoms with E-state index in [9.17, 15) is 9.59 Å². The first kappa shape index (κ1) is 19.7. The number of ether oxygens (including phenoxy) is 4. The molecule has 2 aromatic carbocycles. The highest BCUT2D eigenvalue weighted by molar-refractivity contribution is 5.89. The summed E-state index contributed by atoms with van der Waals surface area (Å²) in [4.78, 5) is 25.2. The Hall–Kier alpha value is -3.06. The van der Waals surface area contributed by atoms with Gasteiger partial charge in [0.05, 0.1) is 25.3 Å². The molecule has 7 nitrogen and oxygen atoms in total. The first-order valence-electron chi connectivity index (χ1n) is 9.05. The molecule has 1 aliphatic rings. The summed E-state index contributed by atoms with van der Waals surface area (Å²) in [7, 11) is 2.69. The second-order valence-corrected chi connectivity index (χ2v) is 6.32. The molecule has 1 saturated heterocycles. The molecule has 2 aromatic rings. The van der Waals surface area contributed by atoms with Crippen molar-refractivity contribution in [3.8, 4) is 11.5 Å². The average molecular weight is 385 g/mol. The number of nitrogens with zero attached hydrogens (tertiary/aromatic N) is 1. The van der Waals surface area contributed by atoms with E-state index in [1.54, 1.807) is 48.5 Å². The van der Waals surface area contributed by atoms with E-state index in [4.69, 9.17) is 18.9 Å². The highest BCUT2D eigenvalue weighted by Crippen LogP contribution is 2.22. The number of carbonyl (C=O) groups excluding carboxylic acids is 2. The van der Waals surface area contributed by atoms with Gasteiger partial charge in [-0.25, -0.2) is 14.5 Å². The van der Waals surface area contributed by atoms with Crippen LogP contribution in [0.5, 0.6) is 11.5 Å². The fraction of sp³-hybridized carbons (Fsp3) is 0.333. The van der Waals surface area contributed by atoms with Gasteiger partial charge in [-0.1, -0.05) is 0 Å². The van der Waals surface area contributed by atoms with Crippen LogP contribution in [0.15, 0.2) is 48.5 Å². The fourth-order valence-corrected chi connectivity index (χ4v) is 2.93. The van der Waals surface area contributed by atoms with Gasteiger partial charge in [0.15, 0.2) is 0 Å². The lowest BCUT2D eigenvalue weighted by Crippen LogP contribution is -2.42. The van der Waals surface area contributed by atoms with Gasteiger partial charge in [-0.15, -0.1) is 0 Å². The van der Waals surface area contributed by atoms with E-state index in [1.165, 1.54) is 14.2 Å². The molecule has 0 atom stereocenters. The van der Waals surface area contributed by atoms with Crippen molar-refractivity contribution >= 4 is 11.9 Å². The summed E-state index contributed by atoms with van der Waals surface area (Å²) >= 11 is 0. The molecule has 0 spiro atoms. The van der Waals surface area contributed by atoms with Crippen molar-refractivity contribution in [3.05, 3.63) is 59.7 Å². The number of rotatable bonds is 7. The van der Waals surface area contributed by atoms with Crippen LogP contribution >= 0.6 is 0 Å². The lowest BCUT2D eigenvalue weighted by atomic mass is 10.2. The number of benzene rings is 2. The Balaban J connectivity index is 1.72. The number of esters is 2. The molecule has 28 heavy (non-hydrogen) atoms. The molecule has 7 heteroatoms. The molecule has 148 valence electrons. The highest BCUT2D eigenvalue weighted by Gasteiger charge is 2.25. The van der Waals surface area contributed by atoms with Crippen LogP contribution in [0.4, 0.5) is 0 Å². The summed E-state index contributed by atoms with van der Waals surface area (Å²) in [5.74, 6) is 0.362. The standard InChI is InChI=1S/C21H23NO6/c1-25-19(23)15-5-9-17(10-6-15)27-21(22-13-3-4-14-22)28-18-11-7-16(8-12-18)20(24)26-2/h5-12,21H,3-4,13-14H2,1-2H3. The van der Waals surface area contributed by atoms with Crippen molar-refractivity contribution in [2.24, 2.45) is 0 Å². The zero-order chi connectivity index (χ0) is 19.9. The van der Waals surface area contributed by atoms with Gasteiger partial charge in [-0.05, 0) is 61.4 Å². The number of hydrogen-bond donors (Lipinski definition) is 0. The minimum absolute atomic E-state index is 0.399. The van der Waals surface area contributed by atoms with E-state index in [-0.39, 0.29) is 0 Å². The molecule has 0 aromatic heterocycles. The van der Waals surface area contributed by atoms with Crippen molar-refractivity contribution in [2.45, 2.75) is 19.3 Å². The smallest absolute Gasteiger partial charge is 0.337 e. The Morgan fingerprint density at radius 1 is 0.750 bits per heavy atom. The van der Waals surface area contributed by atoms with Crippen LogP contribution < -0.4 is 9.47 Å². The molecule has 1 heterocycles. The van der Waals surface area contributed by atoms with Crippen LogP contribution in [-0.4, -0.2) is 50.6 Å². The first-order chi connectivity index (χ1) is 13.6. The molecule has 0 radical (unpaired) electrons. The second-order valence-electron chi connectivity index (χ2n) is 6.32. The molecule has 3 rings (SSSR count). The third-order valence-electron chi connectivity index (χ3n) is 4.46. The lowest BCUT2D eigenvalue weighted by molar-refractivity contribution is -0.106. The van der Waals surface area contributed by atoms with E-state index >= 15 is 0 Å². The minimum Gasteiger partial charge on any atom is -0.465 e. The fourth-order valence-electron chi connectivity index (χ4n) is 2.93. The summed E-state index contributed by atoms with van der Waals surface area (Å²) in [5.41, 5.74) is 0.902. The van der Waals surface area contributed by atoms with Gasteiger partial charge in [0.1, 0.15) is 11.5 Å². The SMILES string of the molecule is COC(=O)c1ccc(OC(Oc2ccc(C(=O)OC)cc2)N2CCCC2)cc1. The van der Waals surface area contributed by atoms with Crippen LogP contribution in [0, 0.1) is 0 Å². The van der Waals surface area contributed by atoms with Crippen molar-refractivity contribution in [3.63, 3.8) is 0 Å². The van der Waals surface area contributed by atoms with Crippen molar-refractivity contribution in [2.75, 3.05) is 27.3 Å². The molecule has 0 aliphatic carbocycles. The zero-order valence-electron chi connectivity index (χ0n) is 15.9. The molecular weight excluding hydrogens is 362 g/mol. The molecule has 0 N–H and O–H groups in total. The monoisotopic (exact) mass is 385 g/mol. The summed E-state index contributed by atoms with van der Waals surface area (Å²) in [6.07, 6.45) is 1.54. The first-order valence-corrected chi connectivity index (χ1v) is 9.05. The number of hydrogen-bond acceptors (Lipinski definition) is 7. The molecule has 0 bridgehead atoms. The summed E-state index contributed by atoms with van der Waals surface area (Å²) in [6.45, 7) is 1.73. The quantitative estimate of drug-likeness (QED) is 0.535. The molecule has 1 fully saturated rings. The highest BCUT2D eigenvalue weighted by atomic mass is 16.7. The number of likely N-dealkylation sites (tertiary alicyclic amines) is 1. The Bertz CT molecular complexity index is 735. The second kappa shape index (κ2) is 9.23. The van der Waals surface area contributed by atoms with Gasteiger partial charge < -0.3 is 18.9 Å². The van der Waals surface area contributed by atoms with Crippen LogP contribution in [-0.2, 0) is 9.47 Å². The van der Waals surface area contributed by atoms with Gasteiger partial charge in [-0.2, -0.15) is 0 Å². The maximum atomic E-state index is 11.6. The molecule has 0 amide bonds. The van der Waals surface area contributed by atoms with Crippen molar-refractivity contribution in [1.29, 1.82) is 0 Å². The van der Waals surface area contributed by atoms with Crippen LogP contribution in [0.25, 0.3) is 0 Å². The maximum Gasteiger partial charge on any atom is 0.337 e. The van der Waals surface area contributed by atoms with E-state index in [2.05, 4.69) is 4.90 Å². The zero-order valence-corrected chi connectivity index (χ0v) is 15.9. The Morgan fingerprint density at radius 3 is 1.50 bits per heavy atom. The Morgan fingerprint density at radius 2 is 1.14 bits per heavy atom. The van der Waals surface area contributed by atoms with Crippen molar-refractivity contribution < 1.29 is 28.5 Å². The average Bonchev–Trinajstić information content (AvgIpc) is 3.28. The van der Waals surface area contributed by atoms with Crippen LogP contribution in [0.2, 0.25) is 0 Å². The van der Waals surface area contributed by atoms with Gasteiger partial charge >= 0.3 is 18.4 Å². The third-order valence-corrected chi connectivity index (χ3v) is 4.46. The van der Waals surface area contributed by atoms with E-state index < -0.39 is 18.4 Å². The Labute approximate surface area is 163 Å². The van der Waals surface area contributed by atoms with Crippen molar-refractivity contribution in [1.82, 2.24) is 4.90 Å². The summed E-state index contributed by atoms with van der Waals surface area (Å²) in [5, 5.41) is 0. The number of carbonyl (C=O) groups is 2. The maximum absolute atomic E-state index is 11.6. The molecule has 0 saturated carbocycles. The van der Waals surface area contributed by atoms with Gasteiger partial charge in [0.2, 0.25) is 0 Å². The molecule has 0 unspecified atom stereocenters. The van der Waals surface area contributed by atoms with E-state index in [1.807, 2.05) is 0 Å². The van der Waals surface area contributed by atoms with E-state index in [0.717, 1.165) is 25.9 Å². The third kappa shape index (κ3) is 4.80. The lowest BCUT2D eigenvalue weighted by Gasteiger charge is -2.28. The topological polar surface area (TPSA) is 74.3 Å². The normalized spacial score (nSPS) is 14.0. The predicted molar refractivity (Wildman–Crippen MR) is 101 cm³/mol. The minimum atomic E-state index is -0.615. The van der Waals surface area contributed by atoms with Crippen LogP contribution in [0.3, 0.4) is 0 Å². The summed E-state index contributed by atoms with van der Waals surface area (Å²) < 4.78 is 21.5. The largest absolute Gasteiger partial charge is 0.465 e. The predicted octanol–water partition coefficient (Wildman–Crippen LogP) is 3.10. The Kier molecular flexibility index (Phi) is 6.49. The number of methoxy groups -OCH3 is 2. The molecule has 1 aliphatic heterocycles. The van der Waals surface area contributed by atoms with Gasteiger partial charge in [0.25, 0.3) is 0 Å². The van der Waals surface area contributed by atoms with Gasteiger partial charge in [-0.3, -0.25) is 0 Å². The summed E-state index contributed by atoms with van der Waals surface area (Å²) in [6, 6.07) is 13.4.